The van der Waals surface area contributed by atoms with Crippen molar-refractivity contribution in [2.45, 2.75) is 70.5 Å². The van der Waals surface area contributed by atoms with Gasteiger partial charge < -0.3 is 44.1 Å². The summed E-state index contributed by atoms with van der Waals surface area (Å²) in [6.07, 6.45) is -0.651. The van der Waals surface area contributed by atoms with Gasteiger partial charge in [-0.15, -0.1) is 0 Å². The number of nitrogens with one attached hydrogen (secondary N) is 2. The zero-order valence-corrected chi connectivity index (χ0v) is 43.1. The zero-order chi connectivity index (χ0) is 53.7. The van der Waals surface area contributed by atoms with Gasteiger partial charge in [0.05, 0.1) is 71.4 Å². The van der Waals surface area contributed by atoms with Crippen LogP contribution >= 0.6 is 11.6 Å². The Hall–Kier alpha value is -7.45. The number of anilines is 2. The summed E-state index contributed by atoms with van der Waals surface area (Å²) in [7, 11) is 6.40. The van der Waals surface area contributed by atoms with Crippen LogP contribution in [0.3, 0.4) is 0 Å². The Labute approximate surface area is 439 Å². The van der Waals surface area contributed by atoms with Gasteiger partial charge in [-0.1, -0.05) is 48.0 Å². The van der Waals surface area contributed by atoms with Crippen LogP contribution in [-0.4, -0.2) is 84.9 Å². The van der Waals surface area contributed by atoms with Crippen LogP contribution in [0.2, 0.25) is 5.02 Å². The van der Waals surface area contributed by atoms with Gasteiger partial charge in [0.15, 0.2) is 11.6 Å². The molecule has 76 heavy (non-hydrogen) atoms. The molecule has 0 amide bonds. The van der Waals surface area contributed by atoms with Crippen LogP contribution in [0.4, 0.5) is 38.0 Å². The van der Waals surface area contributed by atoms with Gasteiger partial charge in [-0.25, -0.2) is 23.1 Å². The molecule has 1 spiro atoms. The minimum Gasteiger partial charge on any atom is -0.497 e. The standard InChI is InChI=1S/C55H54ClF6N9O5/c1-31-21-40(70(24-34-9-15-38(73-5)16-10-34)25-35-11-17-39(74-6)18-12-35)68-48(44(31)55(60,61)62)42-45(56)49-43-50(46(42)57)76-41(75-27-36-22-53(29-69(36)3)28-54(53,58)59)26-71(52(43)67-30-66-49)32(2)47-51(64-20-19-63-47)65-23-33-7-13-37(72-4)14-8-33/h7-21,26,32,36,67H,22-25,27-30H2,1-6H3,(H,64,65)/t32?,36-,53+/m0/s1. The molecule has 14 nitrogen and oxygen atoms in total. The minimum absolute atomic E-state index is 0.0209. The predicted molar refractivity (Wildman–Crippen MR) is 273 cm³/mol. The van der Waals surface area contributed by atoms with Crippen molar-refractivity contribution in [3.63, 3.8) is 0 Å². The molecule has 1 saturated carbocycles. The van der Waals surface area contributed by atoms with E-state index in [1.54, 1.807) is 67.3 Å². The fraction of sp³-hybridized carbons (Fsp3) is 0.345. The Morgan fingerprint density at radius 3 is 2.07 bits per heavy atom. The molecule has 5 heterocycles. The summed E-state index contributed by atoms with van der Waals surface area (Å²) in [6, 6.07) is 22.0. The highest BCUT2D eigenvalue weighted by atomic mass is 35.5. The molecular weight excluding hydrogens is 1020 g/mol. The zero-order valence-electron chi connectivity index (χ0n) is 42.4. The van der Waals surface area contributed by atoms with Crippen molar-refractivity contribution in [3.8, 4) is 34.3 Å². The minimum atomic E-state index is -5.06. The maximum Gasteiger partial charge on any atom is 0.418 e. The van der Waals surface area contributed by atoms with Crippen LogP contribution in [0.15, 0.2) is 108 Å². The third-order valence-corrected chi connectivity index (χ3v) is 14.8. The van der Waals surface area contributed by atoms with Crippen LogP contribution in [0.1, 0.15) is 59.3 Å². The second-order valence-corrected chi connectivity index (χ2v) is 19.7. The lowest BCUT2D eigenvalue weighted by atomic mass is 9.98. The van der Waals surface area contributed by atoms with Crippen molar-refractivity contribution in [2.24, 2.45) is 10.4 Å². The number of benzene rings is 4. The van der Waals surface area contributed by atoms with E-state index in [0.29, 0.717) is 35.3 Å². The van der Waals surface area contributed by atoms with E-state index < -0.39 is 63.0 Å². The number of likely N-dealkylation sites (tertiary alicyclic amines) is 1. The number of methoxy groups -OCH3 is 3. The third kappa shape index (κ3) is 10.1. The second-order valence-electron chi connectivity index (χ2n) is 19.3. The lowest BCUT2D eigenvalue weighted by Crippen LogP contribution is -2.45. The molecule has 0 radical (unpaired) electrons. The van der Waals surface area contributed by atoms with Crippen LogP contribution in [-0.2, 0) is 30.5 Å². The number of aryl methyl sites for hydroxylation is 1. The summed E-state index contributed by atoms with van der Waals surface area (Å²) in [5, 5.41) is 6.03. The molecule has 3 atom stereocenters. The van der Waals surface area contributed by atoms with Crippen molar-refractivity contribution in [1.29, 1.82) is 0 Å². The summed E-state index contributed by atoms with van der Waals surface area (Å²) in [6.45, 7) is 3.63. The van der Waals surface area contributed by atoms with Gasteiger partial charge in [-0.2, -0.15) is 13.2 Å². The number of likely N-dealkylation sites (N-methyl/N-ethyl adjacent to an activating group) is 1. The summed E-state index contributed by atoms with van der Waals surface area (Å²) >= 11 is 7.26. The smallest absolute Gasteiger partial charge is 0.418 e. The molecule has 2 N–H and O–H groups in total. The summed E-state index contributed by atoms with van der Waals surface area (Å²) in [5.41, 5.74) is -1.26. The highest BCUT2D eigenvalue weighted by Gasteiger charge is 2.73. The molecule has 2 fully saturated rings. The number of pyridine rings is 1. The first-order valence-corrected chi connectivity index (χ1v) is 24.8. The van der Waals surface area contributed by atoms with Crippen LogP contribution in [0.25, 0.3) is 17.1 Å². The van der Waals surface area contributed by atoms with E-state index in [4.69, 9.17) is 40.3 Å². The number of nitrogens with zero attached hydrogens (tertiary/aromatic N) is 7. The summed E-state index contributed by atoms with van der Waals surface area (Å²) in [5.74, 6) is -2.35. The number of halogens is 7. The third-order valence-electron chi connectivity index (χ3n) is 14.4. The topological polar surface area (TPSA) is 131 Å². The van der Waals surface area contributed by atoms with E-state index in [0.717, 1.165) is 16.7 Å². The molecule has 398 valence electrons. The first-order chi connectivity index (χ1) is 36.4. The van der Waals surface area contributed by atoms with E-state index >= 15 is 17.6 Å². The molecule has 0 bridgehead atoms. The van der Waals surface area contributed by atoms with E-state index in [1.165, 1.54) is 31.6 Å². The molecule has 1 saturated heterocycles. The Balaban J connectivity index is 1.11. The van der Waals surface area contributed by atoms with Gasteiger partial charge in [0.1, 0.15) is 53.7 Å². The normalized spacial score (nSPS) is 18.9. The maximum atomic E-state index is 18.3. The van der Waals surface area contributed by atoms with Gasteiger partial charge in [0.25, 0.3) is 5.92 Å². The molecule has 1 aliphatic carbocycles. The maximum absolute atomic E-state index is 18.3. The predicted octanol–water partition coefficient (Wildman–Crippen LogP) is 9.75. The number of hydrogen-bond acceptors (Lipinski definition) is 14. The van der Waals surface area contributed by atoms with Gasteiger partial charge in [0.2, 0.25) is 0 Å². The van der Waals surface area contributed by atoms with Crippen LogP contribution in [0.5, 0.6) is 23.0 Å². The molecule has 1 unspecified atom stereocenters. The van der Waals surface area contributed by atoms with Crippen molar-refractivity contribution >= 4 is 29.1 Å². The fourth-order valence-corrected chi connectivity index (χ4v) is 10.6. The molecule has 10 rings (SSSR count). The largest absolute Gasteiger partial charge is 0.497 e. The molecule has 6 aromatic rings. The van der Waals surface area contributed by atoms with Crippen LogP contribution in [0, 0.1) is 18.2 Å². The Morgan fingerprint density at radius 1 is 0.908 bits per heavy atom. The number of alkyl halides is 5. The Morgan fingerprint density at radius 2 is 1.50 bits per heavy atom. The van der Waals surface area contributed by atoms with E-state index in [1.807, 2.05) is 55.5 Å². The highest BCUT2D eigenvalue weighted by Crippen LogP contribution is 2.66. The Bertz CT molecular complexity index is 3270. The van der Waals surface area contributed by atoms with Crippen molar-refractivity contribution < 1.29 is 50.0 Å². The number of rotatable bonds is 17. The lowest BCUT2D eigenvalue weighted by molar-refractivity contribution is -0.137. The first kappa shape index (κ1) is 52.0. The summed E-state index contributed by atoms with van der Waals surface area (Å²) in [4.78, 5) is 23.9. The van der Waals surface area contributed by atoms with Gasteiger partial charge in [0, 0.05) is 51.0 Å². The highest BCUT2D eigenvalue weighted by molar-refractivity contribution is 6.33. The quantitative estimate of drug-likeness (QED) is 0.0842. The monoisotopic (exact) mass is 1070 g/mol. The van der Waals surface area contributed by atoms with Crippen molar-refractivity contribution in [1.82, 2.24) is 30.1 Å². The number of ether oxygens (including phenoxy) is 5. The molecule has 4 aliphatic rings. The SMILES string of the molecule is COc1ccc(CNc2nccnc2C(C)N2C=C(OC[C@@H]3C[C@]4(CN3C)CC4(F)F)Oc3c(F)c(-c4nc(N(Cc5ccc(OC)cc5)Cc5ccc(OC)cc5)cc(C)c4C(F)(F)F)c(Cl)c4c3=C2NCN=4)cc1. The number of hydrogen-bond donors (Lipinski definition) is 2. The Kier molecular flexibility index (Phi) is 14.1. The molecule has 4 aromatic carbocycles. The number of aromatic nitrogens is 3. The first-order valence-electron chi connectivity index (χ1n) is 24.4. The lowest BCUT2D eigenvalue weighted by Gasteiger charge is -2.31. The van der Waals surface area contributed by atoms with Crippen LogP contribution < -0.4 is 45.1 Å². The molecule has 21 heteroatoms. The van der Waals surface area contributed by atoms with E-state index in [9.17, 15) is 8.78 Å². The summed E-state index contributed by atoms with van der Waals surface area (Å²) < 4.78 is 123. The second kappa shape index (κ2) is 20.6. The molecular formula is C55H54ClF6N9O5. The average molecular weight is 1070 g/mol. The van der Waals surface area contributed by atoms with E-state index in [-0.39, 0.29) is 79.5 Å². The van der Waals surface area contributed by atoms with Gasteiger partial charge in [-0.3, -0.25) is 14.9 Å². The van der Waals surface area contributed by atoms with Crippen molar-refractivity contribution in [3.05, 3.63) is 158 Å². The fourth-order valence-electron chi connectivity index (χ4n) is 10.3. The molecule has 2 aromatic heterocycles. The van der Waals surface area contributed by atoms with E-state index in [2.05, 4.69) is 25.6 Å². The average Bonchev–Trinajstić information content (AvgIpc) is 3.89. The molecule has 3 aliphatic heterocycles. The van der Waals surface area contributed by atoms with Gasteiger partial charge in [-0.05, 0) is 92.0 Å². The van der Waals surface area contributed by atoms with Crippen molar-refractivity contribution in [2.75, 3.05) is 58.4 Å². The van der Waals surface area contributed by atoms with Gasteiger partial charge >= 0.3 is 12.1 Å².